The minimum Gasteiger partial charge on any atom is -0.364 e. The van der Waals surface area contributed by atoms with Crippen LogP contribution in [-0.2, 0) is 0 Å². The second-order valence-electron chi connectivity index (χ2n) is 1.89. The molecule has 1 aromatic rings. The lowest BCUT2D eigenvalue weighted by atomic mass is 10.6. The first kappa shape index (κ1) is 7.52. The van der Waals surface area contributed by atoms with Gasteiger partial charge in [-0.3, -0.25) is 9.78 Å². The first-order valence-electron chi connectivity index (χ1n) is 3.17. The fraction of sp³-hybridized carbons (Fsp3) is 0.400. The van der Waals surface area contributed by atoms with Crippen molar-refractivity contribution in [2.45, 2.75) is 6.92 Å². The van der Waals surface area contributed by atoms with E-state index in [2.05, 4.69) is 15.5 Å². The lowest BCUT2D eigenvalue weighted by molar-refractivity contribution is 0.887. The smallest absolute Gasteiger partial charge is 0.342 e. The van der Waals surface area contributed by atoms with Gasteiger partial charge in [-0.25, -0.2) is 9.89 Å². The number of hydrogen-bond acceptors (Lipinski definition) is 4. The maximum absolute atomic E-state index is 10.8. The summed E-state index contributed by atoms with van der Waals surface area (Å²) in [5, 5.41) is 8.26. The average molecular weight is 156 g/mol. The maximum Gasteiger partial charge on any atom is 0.342 e. The third kappa shape index (κ3) is 1.66. The predicted octanol–water partition coefficient (Wildman–Crippen LogP) is -1.11. The van der Waals surface area contributed by atoms with E-state index in [-0.39, 0.29) is 5.82 Å². The van der Waals surface area contributed by atoms with Crippen LogP contribution in [0.5, 0.6) is 0 Å². The van der Waals surface area contributed by atoms with Crippen LogP contribution in [0.3, 0.4) is 0 Å². The Morgan fingerprint density at radius 2 is 2.27 bits per heavy atom. The van der Waals surface area contributed by atoms with E-state index in [9.17, 15) is 9.59 Å². The summed E-state index contributed by atoms with van der Waals surface area (Å²) >= 11 is 0. The molecule has 0 fully saturated rings. The highest BCUT2D eigenvalue weighted by Crippen LogP contribution is 1.82. The Kier molecular flexibility index (Phi) is 2.05. The van der Waals surface area contributed by atoms with Crippen molar-refractivity contribution in [3.05, 3.63) is 20.8 Å². The lowest BCUT2D eigenvalue weighted by Gasteiger charge is -1.96. The third-order valence-electron chi connectivity index (χ3n) is 1.06. The van der Waals surface area contributed by atoms with Gasteiger partial charge < -0.3 is 5.32 Å². The van der Waals surface area contributed by atoms with Gasteiger partial charge in [0, 0.05) is 6.54 Å². The van der Waals surface area contributed by atoms with E-state index in [4.69, 9.17) is 0 Å². The number of aromatic nitrogens is 3. The molecule has 3 N–H and O–H groups in total. The molecular weight excluding hydrogens is 148 g/mol. The first-order chi connectivity index (χ1) is 5.24. The van der Waals surface area contributed by atoms with Gasteiger partial charge in [0.05, 0.1) is 0 Å². The second kappa shape index (κ2) is 3.00. The zero-order chi connectivity index (χ0) is 8.27. The number of hydrogen-bond donors (Lipinski definition) is 3. The van der Waals surface area contributed by atoms with E-state index in [0.717, 1.165) is 0 Å². The summed E-state index contributed by atoms with van der Waals surface area (Å²) in [5.74, 6) is 0.132. The van der Waals surface area contributed by atoms with Crippen molar-refractivity contribution in [2.24, 2.45) is 0 Å². The second-order valence-corrected chi connectivity index (χ2v) is 1.89. The van der Waals surface area contributed by atoms with Crippen LogP contribution in [-0.4, -0.2) is 21.7 Å². The van der Waals surface area contributed by atoms with Crippen molar-refractivity contribution < 1.29 is 0 Å². The molecule has 0 radical (unpaired) electrons. The number of aromatic amines is 2. The van der Waals surface area contributed by atoms with Crippen LogP contribution in [0.1, 0.15) is 6.92 Å². The first-order valence-corrected chi connectivity index (χ1v) is 3.17. The third-order valence-corrected chi connectivity index (χ3v) is 1.06. The minimum atomic E-state index is -0.600. The summed E-state index contributed by atoms with van der Waals surface area (Å²) in [4.78, 5) is 23.3. The summed E-state index contributed by atoms with van der Waals surface area (Å²) in [6, 6.07) is 0. The number of nitrogens with zero attached hydrogens (tertiary/aromatic N) is 1. The molecule has 11 heavy (non-hydrogen) atoms. The highest BCUT2D eigenvalue weighted by atomic mass is 16.2. The van der Waals surface area contributed by atoms with Crippen LogP contribution >= 0.6 is 0 Å². The van der Waals surface area contributed by atoms with Gasteiger partial charge >= 0.3 is 5.69 Å². The number of anilines is 1. The molecule has 0 aliphatic carbocycles. The molecule has 0 saturated heterocycles. The van der Waals surface area contributed by atoms with Gasteiger partial charge in [-0.1, -0.05) is 0 Å². The summed E-state index contributed by atoms with van der Waals surface area (Å²) in [6.07, 6.45) is 0. The summed E-state index contributed by atoms with van der Waals surface area (Å²) in [5.41, 5.74) is -1.10. The fourth-order valence-corrected chi connectivity index (χ4v) is 0.635. The van der Waals surface area contributed by atoms with E-state index in [1.54, 1.807) is 0 Å². The molecule has 6 nitrogen and oxygen atoms in total. The van der Waals surface area contributed by atoms with Crippen molar-refractivity contribution in [2.75, 3.05) is 11.9 Å². The van der Waals surface area contributed by atoms with Gasteiger partial charge in [-0.05, 0) is 6.92 Å². The number of H-pyrrole nitrogens is 2. The van der Waals surface area contributed by atoms with E-state index in [1.165, 1.54) is 0 Å². The van der Waals surface area contributed by atoms with E-state index in [0.29, 0.717) is 6.54 Å². The van der Waals surface area contributed by atoms with Gasteiger partial charge in [-0.2, -0.15) is 0 Å². The van der Waals surface area contributed by atoms with Crippen molar-refractivity contribution in [1.29, 1.82) is 0 Å². The molecule has 0 amide bonds. The van der Waals surface area contributed by atoms with E-state index < -0.39 is 11.2 Å². The molecule has 0 saturated carbocycles. The average Bonchev–Trinajstić information content (AvgIpc) is 1.95. The molecule has 0 bridgehead atoms. The van der Waals surface area contributed by atoms with Crippen LogP contribution < -0.4 is 16.6 Å². The largest absolute Gasteiger partial charge is 0.364 e. The Bertz CT molecular complexity index is 339. The fourth-order valence-electron chi connectivity index (χ4n) is 0.635. The Balaban J connectivity index is 3.10. The SMILES string of the molecule is CCNc1n[nH]c(=O)[nH]c1=O. The molecule has 0 aromatic carbocycles. The normalized spacial score (nSPS) is 9.55. The molecular formula is C5H8N4O2. The maximum atomic E-state index is 10.8. The molecule has 1 rings (SSSR count). The van der Waals surface area contributed by atoms with Crippen LogP contribution in [0.2, 0.25) is 0 Å². The Morgan fingerprint density at radius 1 is 1.55 bits per heavy atom. The minimum absolute atomic E-state index is 0.132. The van der Waals surface area contributed by atoms with Gasteiger partial charge in [0.2, 0.25) is 5.82 Å². The highest BCUT2D eigenvalue weighted by molar-refractivity contribution is 5.27. The topological polar surface area (TPSA) is 90.6 Å². The van der Waals surface area contributed by atoms with Crippen LogP contribution in [0, 0.1) is 0 Å². The molecule has 0 spiro atoms. The number of nitrogens with one attached hydrogen (secondary N) is 3. The molecule has 0 aliphatic rings. The monoisotopic (exact) mass is 156 g/mol. The summed E-state index contributed by atoms with van der Waals surface area (Å²) < 4.78 is 0. The molecule has 60 valence electrons. The highest BCUT2D eigenvalue weighted by Gasteiger charge is 1.97. The predicted molar refractivity (Wildman–Crippen MR) is 39.6 cm³/mol. The zero-order valence-electron chi connectivity index (χ0n) is 5.97. The molecule has 0 atom stereocenters. The molecule has 1 aromatic heterocycles. The van der Waals surface area contributed by atoms with Crippen LogP contribution in [0.15, 0.2) is 9.59 Å². The van der Waals surface area contributed by atoms with Gasteiger partial charge in [0.25, 0.3) is 5.56 Å². The standard InChI is InChI=1S/C5H8N4O2/c1-2-6-3-4(10)7-5(11)9-8-3/h2H2,1H3,(H,6,8)(H2,7,9,10,11). The van der Waals surface area contributed by atoms with Crippen molar-refractivity contribution in [3.8, 4) is 0 Å². The van der Waals surface area contributed by atoms with Crippen LogP contribution in [0.4, 0.5) is 5.82 Å². The molecule has 6 heteroatoms. The molecule has 0 unspecified atom stereocenters. The van der Waals surface area contributed by atoms with E-state index in [1.807, 2.05) is 11.9 Å². The summed E-state index contributed by atoms with van der Waals surface area (Å²) in [6.45, 7) is 2.41. The van der Waals surface area contributed by atoms with Crippen molar-refractivity contribution in [3.63, 3.8) is 0 Å². The Morgan fingerprint density at radius 3 is 2.82 bits per heavy atom. The van der Waals surface area contributed by atoms with Gasteiger partial charge in [-0.15, -0.1) is 5.10 Å². The summed E-state index contributed by atoms with van der Waals surface area (Å²) in [7, 11) is 0. The van der Waals surface area contributed by atoms with Gasteiger partial charge in [0.1, 0.15) is 0 Å². The quantitative estimate of drug-likeness (QED) is 0.506. The lowest BCUT2D eigenvalue weighted by Crippen LogP contribution is -2.26. The Labute approximate surface area is 61.7 Å². The molecule has 0 aliphatic heterocycles. The molecule has 1 heterocycles. The van der Waals surface area contributed by atoms with Crippen molar-refractivity contribution in [1.82, 2.24) is 15.2 Å². The number of rotatable bonds is 2. The van der Waals surface area contributed by atoms with E-state index >= 15 is 0 Å². The van der Waals surface area contributed by atoms with Gasteiger partial charge in [0.15, 0.2) is 0 Å². The van der Waals surface area contributed by atoms with Crippen LogP contribution in [0.25, 0.3) is 0 Å². The zero-order valence-corrected chi connectivity index (χ0v) is 5.97. The van der Waals surface area contributed by atoms with Crippen molar-refractivity contribution >= 4 is 5.82 Å². The Hall–Kier alpha value is -1.59.